The molecule has 0 saturated heterocycles. The first kappa shape index (κ1) is 15.2. The van der Waals surface area contributed by atoms with Gasteiger partial charge in [0.25, 0.3) is 0 Å². The molecule has 0 aliphatic carbocycles. The third-order valence-corrected chi connectivity index (χ3v) is 4.30. The van der Waals surface area contributed by atoms with Crippen LogP contribution in [0.5, 0.6) is 0 Å². The summed E-state index contributed by atoms with van der Waals surface area (Å²) in [6, 6.07) is 10.0. The summed E-state index contributed by atoms with van der Waals surface area (Å²) in [7, 11) is -4.57. The van der Waals surface area contributed by atoms with Crippen molar-refractivity contribution in [3.8, 4) is 0 Å². The van der Waals surface area contributed by atoms with Crippen molar-refractivity contribution >= 4 is 41.9 Å². The second-order valence-corrected chi connectivity index (χ2v) is 6.37. The molecule has 2 rings (SSSR count). The van der Waals surface area contributed by atoms with Crippen LogP contribution in [0.3, 0.4) is 0 Å². The molecular weight excluding hydrogens is 322 g/mol. The molecule has 0 amide bonds. The minimum atomic E-state index is -4.57. The van der Waals surface area contributed by atoms with Gasteiger partial charge in [-0.05, 0) is 18.2 Å². The Labute approximate surface area is 125 Å². The molecule has 4 nitrogen and oxygen atoms in total. The van der Waals surface area contributed by atoms with E-state index in [0.29, 0.717) is 0 Å². The molecule has 0 radical (unpaired) electrons. The molecule has 0 heterocycles. The van der Waals surface area contributed by atoms with Gasteiger partial charge in [-0.1, -0.05) is 47.5 Å². The van der Waals surface area contributed by atoms with Gasteiger partial charge < -0.3 is 9.79 Å². The van der Waals surface area contributed by atoms with Crippen LogP contribution in [0.2, 0.25) is 10.0 Å². The Kier molecular flexibility index (Phi) is 4.33. The number of halogens is 2. The van der Waals surface area contributed by atoms with Crippen molar-refractivity contribution in [1.29, 1.82) is 0 Å². The summed E-state index contributed by atoms with van der Waals surface area (Å²) in [5.41, 5.74) is -0.0902. The van der Waals surface area contributed by atoms with E-state index in [9.17, 15) is 19.1 Å². The van der Waals surface area contributed by atoms with Crippen molar-refractivity contribution in [3.05, 3.63) is 63.6 Å². The highest BCUT2D eigenvalue weighted by Crippen LogP contribution is 2.36. The second kappa shape index (κ2) is 5.68. The van der Waals surface area contributed by atoms with E-state index in [0.717, 1.165) is 0 Å². The summed E-state index contributed by atoms with van der Waals surface area (Å²) in [6.45, 7) is 0. The van der Waals surface area contributed by atoms with E-state index in [1.807, 2.05) is 0 Å². The van der Waals surface area contributed by atoms with Crippen LogP contribution in [-0.4, -0.2) is 15.6 Å². The minimum Gasteiger partial charge on any atom is -0.321 e. The second-order valence-electron chi connectivity index (χ2n) is 3.99. The maximum atomic E-state index is 12.4. The van der Waals surface area contributed by atoms with Gasteiger partial charge in [0.05, 0.1) is 20.9 Å². The van der Waals surface area contributed by atoms with Crippen LogP contribution in [0.4, 0.5) is 0 Å². The summed E-state index contributed by atoms with van der Waals surface area (Å²) in [4.78, 5) is 31.0. The van der Waals surface area contributed by atoms with E-state index in [1.165, 1.54) is 36.4 Å². The van der Waals surface area contributed by atoms with Crippen LogP contribution in [0.1, 0.15) is 15.9 Å². The number of hydrogen-bond donors (Lipinski definition) is 2. The zero-order valence-electron chi connectivity index (χ0n) is 9.96. The van der Waals surface area contributed by atoms with Gasteiger partial charge >= 0.3 is 7.60 Å². The average molecular weight is 331 g/mol. The van der Waals surface area contributed by atoms with Crippen LogP contribution >= 0.6 is 30.8 Å². The van der Waals surface area contributed by atoms with Crippen molar-refractivity contribution in [1.82, 2.24) is 0 Å². The van der Waals surface area contributed by atoms with E-state index in [2.05, 4.69) is 0 Å². The normalized spacial score (nSPS) is 11.4. The Morgan fingerprint density at radius 2 is 1.50 bits per heavy atom. The SMILES string of the molecule is O=C(c1ccccc1P(=O)(O)O)c1c(Cl)cccc1Cl. The Morgan fingerprint density at radius 3 is 2.05 bits per heavy atom. The molecule has 104 valence electrons. The first-order valence-corrected chi connectivity index (χ1v) is 7.83. The lowest BCUT2D eigenvalue weighted by molar-refractivity contribution is 0.103. The predicted octanol–water partition coefficient (Wildman–Crippen LogP) is 3.03. The average Bonchev–Trinajstić information content (AvgIpc) is 2.37. The molecule has 0 unspecified atom stereocenters. The third kappa shape index (κ3) is 2.95. The smallest absolute Gasteiger partial charge is 0.321 e. The Bertz CT molecular complexity index is 704. The highest BCUT2D eigenvalue weighted by Gasteiger charge is 2.27. The summed E-state index contributed by atoms with van der Waals surface area (Å²) >= 11 is 11.9. The van der Waals surface area contributed by atoms with Gasteiger partial charge in [-0.2, -0.15) is 0 Å². The van der Waals surface area contributed by atoms with Gasteiger partial charge in [0.1, 0.15) is 0 Å². The molecule has 0 atom stereocenters. The zero-order chi connectivity index (χ0) is 14.9. The standard InChI is InChI=1S/C13H9Cl2O4P/c14-9-5-3-6-10(15)12(9)13(16)8-4-1-2-7-11(8)20(17,18)19/h1-7H,(H2,17,18,19). The molecule has 0 aliphatic heterocycles. The number of ketones is 1. The fourth-order valence-corrected chi connectivity index (χ4v) is 3.11. The number of carbonyl (C=O) groups excluding carboxylic acids is 1. The quantitative estimate of drug-likeness (QED) is 0.670. The van der Waals surface area contributed by atoms with Crippen molar-refractivity contribution in [2.75, 3.05) is 0 Å². The zero-order valence-corrected chi connectivity index (χ0v) is 12.4. The summed E-state index contributed by atoms with van der Waals surface area (Å²) in [6.07, 6.45) is 0. The molecule has 2 aromatic rings. The molecule has 0 fully saturated rings. The van der Waals surface area contributed by atoms with E-state index in [4.69, 9.17) is 23.2 Å². The van der Waals surface area contributed by atoms with E-state index < -0.39 is 13.4 Å². The number of benzene rings is 2. The fourth-order valence-electron chi connectivity index (χ4n) is 1.77. The van der Waals surface area contributed by atoms with Crippen molar-refractivity contribution in [2.24, 2.45) is 0 Å². The fraction of sp³-hybridized carbons (Fsp3) is 0. The summed E-state index contributed by atoms with van der Waals surface area (Å²) < 4.78 is 11.4. The lowest BCUT2D eigenvalue weighted by Gasteiger charge is -2.11. The first-order chi connectivity index (χ1) is 9.32. The van der Waals surface area contributed by atoms with Crippen LogP contribution in [0.25, 0.3) is 0 Å². The Morgan fingerprint density at radius 1 is 0.950 bits per heavy atom. The van der Waals surface area contributed by atoms with Gasteiger partial charge in [0.15, 0.2) is 5.78 Å². The van der Waals surface area contributed by atoms with Crippen LogP contribution in [-0.2, 0) is 4.57 Å². The molecule has 0 aromatic heterocycles. The van der Waals surface area contributed by atoms with Crippen LogP contribution in [0, 0.1) is 0 Å². The van der Waals surface area contributed by atoms with E-state index >= 15 is 0 Å². The Balaban J connectivity index is 2.64. The molecule has 2 N–H and O–H groups in total. The van der Waals surface area contributed by atoms with Crippen molar-refractivity contribution in [2.45, 2.75) is 0 Å². The number of hydrogen-bond acceptors (Lipinski definition) is 2. The highest BCUT2D eigenvalue weighted by molar-refractivity contribution is 7.60. The molecule has 0 spiro atoms. The van der Waals surface area contributed by atoms with Crippen LogP contribution in [0.15, 0.2) is 42.5 Å². The lowest BCUT2D eigenvalue weighted by atomic mass is 10.0. The molecule has 7 heteroatoms. The lowest BCUT2D eigenvalue weighted by Crippen LogP contribution is -2.17. The van der Waals surface area contributed by atoms with Crippen LogP contribution < -0.4 is 5.30 Å². The van der Waals surface area contributed by atoms with Gasteiger partial charge in [-0.25, -0.2) is 0 Å². The van der Waals surface area contributed by atoms with E-state index in [1.54, 1.807) is 6.07 Å². The molecule has 0 bridgehead atoms. The number of rotatable bonds is 3. The highest BCUT2D eigenvalue weighted by atomic mass is 35.5. The maximum absolute atomic E-state index is 12.4. The maximum Gasteiger partial charge on any atom is 0.356 e. The monoisotopic (exact) mass is 330 g/mol. The Hall–Kier alpha value is -1.16. The van der Waals surface area contributed by atoms with Crippen molar-refractivity contribution < 1.29 is 19.1 Å². The third-order valence-electron chi connectivity index (χ3n) is 2.65. The molecular formula is C13H9Cl2O4P. The van der Waals surface area contributed by atoms with E-state index in [-0.39, 0.29) is 26.5 Å². The minimum absolute atomic E-state index is 0.0248. The number of carbonyl (C=O) groups is 1. The molecule has 20 heavy (non-hydrogen) atoms. The first-order valence-electron chi connectivity index (χ1n) is 5.46. The van der Waals surface area contributed by atoms with Crippen molar-refractivity contribution in [3.63, 3.8) is 0 Å². The molecule has 0 saturated carbocycles. The van der Waals surface area contributed by atoms with Gasteiger partial charge in [0, 0.05) is 5.56 Å². The van der Waals surface area contributed by atoms with Gasteiger partial charge in [-0.15, -0.1) is 0 Å². The molecule has 2 aromatic carbocycles. The predicted molar refractivity (Wildman–Crippen MR) is 78.0 cm³/mol. The van der Waals surface area contributed by atoms with Gasteiger partial charge in [-0.3, -0.25) is 9.36 Å². The topological polar surface area (TPSA) is 74.6 Å². The largest absolute Gasteiger partial charge is 0.356 e. The summed E-state index contributed by atoms with van der Waals surface area (Å²) in [5.74, 6) is -0.625. The van der Waals surface area contributed by atoms with Gasteiger partial charge in [0.2, 0.25) is 0 Å². The summed E-state index contributed by atoms with van der Waals surface area (Å²) in [5, 5.41) is -0.0907. The molecule has 0 aliphatic rings.